The zero-order valence-electron chi connectivity index (χ0n) is 13.4. The number of hydrogen-bond acceptors (Lipinski definition) is 7. The van der Waals surface area contributed by atoms with E-state index in [4.69, 9.17) is 11.6 Å². The fourth-order valence-corrected chi connectivity index (χ4v) is 3.96. The maximum absolute atomic E-state index is 13.6. The molecule has 0 spiro atoms. The van der Waals surface area contributed by atoms with Crippen LogP contribution in [-0.4, -0.2) is 21.0 Å². The first-order valence-corrected chi connectivity index (χ1v) is 9.57. The Morgan fingerprint density at radius 2 is 2.07 bits per heavy atom. The summed E-state index contributed by atoms with van der Waals surface area (Å²) in [6, 6.07) is 10.2. The van der Waals surface area contributed by atoms with Crippen molar-refractivity contribution < 1.29 is 14.1 Å². The third kappa shape index (κ3) is 4.79. The largest absolute Gasteiger partial charge is 0.296 e. The minimum absolute atomic E-state index is 0.0562. The number of anilines is 1. The highest BCUT2D eigenvalue weighted by atomic mass is 35.5. The number of thioether (sulfide) groups is 1. The predicted octanol–water partition coefficient (Wildman–Crippen LogP) is 4.78. The van der Waals surface area contributed by atoms with Crippen molar-refractivity contribution in [2.75, 3.05) is 5.32 Å². The summed E-state index contributed by atoms with van der Waals surface area (Å²) in [5, 5.41) is 21.4. The van der Waals surface area contributed by atoms with E-state index in [1.807, 2.05) is 0 Å². The van der Waals surface area contributed by atoms with E-state index < -0.39 is 10.8 Å². The molecule has 3 aromatic rings. The Kier molecular flexibility index (Phi) is 5.99. The number of nitrogens with zero attached hydrogens (tertiary/aromatic N) is 3. The highest BCUT2D eigenvalue weighted by molar-refractivity contribution is 8.00. The van der Waals surface area contributed by atoms with Gasteiger partial charge in [0.15, 0.2) is 4.34 Å². The number of carbonyl (C=O) groups excluding carboxylic acids is 1. The molecular weight excluding hydrogens is 415 g/mol. The molecule has 0 saturated carbocycles. The van der Waals surface area contributed by atoms with Gasteiger partial charge in [-0.25, -0.2) is 4.39 Å². The third-order valence-electron chi connectivity index (χ3n) is 3.34. The maximum Gasteiger partial charge on any atom is 0.288 e. The van der Waals surface area contributed by atoms with Crippen LogP contribution in [0.4, 0.5) is 15.2 Å². The molecule has 1 amide bonds. The molecule has 0 saturated heterocycles. The van der Waals surface area contributed by atoms with Crippen LogP contribution in [0.2, 0.25) is 5.02 Å². The Bertz CT molecular complexity index is 1010. The van der Waals surface area contributed by atoms with Gasteiger partial charge in [-0.05, 0) is 23.8 Å². The number of hydrogen-bond donors (Lipinski definition) is 1. The van der Waals surface area contributed by atoms with Crippen LogP contribution in [0.25, 0.3) is 0 Å². The van der Waals surface area contributed by atoms with Gasteiger partial charge in [0.2, 0.25) is 5.13 Å². The van der Waals surface area contributed by atoms with Crippen LogP contribution >= 0.6 is 34.7 Å². The molecule has 1 N–H and O–H groups in total. The lowest BCUT2D eigenvalue weighted by Crippen LogP contribution is -2.12. The molecule has 1 heterocycles. The van der Waals surface area contributed by atoms with Crippen molar-refractivity contribution in [3.05, 3.63) is 74.5 Å². The molecule has 0 aliphatic heterocycles. The average molecular weight is 425 g/mol. The minimum atomic E-state index is -0.665. The number of halogens is 2. The summed E-state index contributed by atoms with van der Waals surface area (Å²) in [4.78, 5) is 22.5. The van der Waals surface area contributed by atoms with E-state index in [1.165, 1.54) is 30.0 Å². The van der Waals surface area contributed by atoms with Crippen molar-refractivity contribution in [1.82, 2.24) is 10.2 Å². The number of amides is 1. The number of benzene rings is 2. The van der Waals surface area contributed by atoms with Gasteiger partial charge in [0.1, 0.15) is 10.8 Å². The van der Waals surface area contributed by atoms with Gasteiger partial charge in [-0.3, -0.25) is 20.2 Å². The van der Waals surface area contributed by atoms with Gasteiger partial charge in [-0.15, -0.1) is 10.2 Å². The Morgan fingerprint density at radius 3 is 2.81 bits per heavy atom. The van der Waals surface area contributed by atoms with Crippen molar-refractivity contribution in [3.8, 4) is 0 Å². The molecule has 0 aliphatic carbocycles. The zero-order chi connectivity index (χ0) is 19.4. The first-order valence-electron chi connectivity index (χ1n) is 7.39. The number of nitro groups is 1. The summed E-state index contributed by atoms with van der Waals surface area (Å²) in [5.74, 6) is -0.498. The molecule has 7 nitrogen and oxygen atoms in total. The predicted molar refractivity (Wildman–Crippen MR) is 102 cm³/mol. The fraction of sp³-hybridized carbons (Fsp3) is 0.0625. The summed E-state index contributed by atoms with van der Waals surface area (Å²) < 4.78 is 14.2. The molecule has 0 atom stereocenters. The van der Waals surface area contributed by atoms with E-state index in [0.717, 1.165) is 17.4 Å². The number of aromatic nitrogens is 2. The summed E-state index contributed by atoms with van der Waals surface area (Å²) in [5.41, 5.74) is 0.251. The number of nitro benzene ring substituents is 1. The second kappa shape index (κ2) is 8.42. The molecule has 0 bridgehead atoms. The highest BCUT2D eigenvalue weighted by Crippen LogP contribution is 2.30. The van der Waals surface area contributed by atoms with Gasteiger partial charge in [-0.1, -0.05) is 52.9 Å². The number of carbonyl (C=O) groups is 1. The molecule has 138 valence electrons. The van der Waals surface area contributed by atoms with Crippen molar-refractivity contribution in [1.29, 1.82) is 0 Å². The van der Waals surface area contributed by atoms with Crippen LogP contribution in [0.15, 0.2) is 46.8 Å². The van der Waals surface area contributed by atoms with Gasteiger partial charge in [0, 0.05) is 17.4 Å². The van der Waals surface area contributed by atoms with Crippen molar-refractivity contribution >= 4 is 51.4 Å². The van der Waals surface area contributed by atoms with Gasteiger partial charge < -0.3 is 0 Å². The molecule has 3 rings (SSSR count). The maximum atomic E-state index is 13.6. The van der Waals surface area contributed by atoms with Crippen molar-refractivity contribution in [2.45, 2.75) is 10.1 Å². The molecule has 27 heavy (non-hydrogen) atoms. The standard InChI is InChI=1S/C16H10ClFN4O3S2/c17-11-6-5-9(7-13(11)22(24)25)14(23)19-15-20-21-16(27-15)26-8-10-3-1-2-4-12(10)18/h1-7H,8H2,(H,19,20,23). The second-order valence-electron chi connectivity index (χ2n) is 5.13. The Morgan fingerprint density at radius 1 is 1.30 bits per heavy atom. The number of rotatable bonds is 6. The SMILES string of the molecule is O=C(Nc1nnc(SCc2ccccc2F)s1)c1ccc(Cl)c([N+](=O)[O-])c1. The summed E-state index contributed by atoms with van der Waals surface area (Å²) >= 11 is 8.14. The van der Waals surface area contributed by atoms with Crippen LogP contribution in [0.5, 0.6) is 0 Å². The summed E-state index contributed by atoms with van der Waals surface area (Å²) in [6.07, 6.45) is 0. The van der Waals surface area contributed by atoms with Crippen LogP contribution < -0.4 is 5.32 Å². The van der Waals surface area contributed by atoms with Gasteiger partial charge in [0.25, 0.3) is 11.6 Å². The summed E-state index contributed by atoms with van der Waals surface area (Å²) in [6.45, 7) is 0. The van der Waals surface area contributed by atoms with Crippen LogP contribution in [0, 0.1) is 15.9 Å². The van der Waals surface area contributed by atoms with E-state index >= 15 is 0 Å². The number of nitrogens with one attached hydrogen (secondary N) is 1. The van der Waals surface area contributed by atoms with Crippen LogP contribution in [-0.2, 0) is 5.75 Å². The topological polar surface area (TPSA) is 98.0 Å². The Hall–Kier alpha value is -2.56. The first kappa shape index (κ1) is 19.2. The molecule has 2 aromatic carbocycles. The van der Waals surface area contributed by atoms with E-state index in [-0.39, 0.29) is 27.2 Å². The van der Waals surface area contributed by atoms with Crippen molar-refractivity contribution in [3.63, 3.8) is 0 Å². The van der Waals surface area contributed by atoms with Gasteiger partial charge >= 0.3 is 0 Å². The van der Waals surface area contributed by atoms with E-state index in [1.54, 1.807) is 18.2 Å². The van der Waals surface area contributed by atoms with Crippen LogP contribution in [0.1, 0.15) is 15.9 Å². The van der Waals surface area contributed by atoms with E-state index in [0.29, 0.717) is 15.7 Å². The van der Waals surface area contributed by atoms with Crippen LogP contribution in [0.3, 0.4) is 0 Å². The lowest BCUT2D eigenvalue weighted by atomic mass is 10.2. The summed E-state index contributed by atoms with van der Waals surface area (Å²) in [7, 11) is 0. The molecule has 0 fully saturated rings. The lowest BCUT2D eigenvalue weighted by Gasteiger charge is -2.02. The lowest BCUT2D eigenvalue weighted by molar-refractivity contribution is -0.384. The van der Waals surface area contributed by atoms with Gasteiger partial charge in [0.05, 0.1) is 4.92 Å². The average Bonchev–Trinajstić information content (AvgIpc) is 3.08. The normalized spacial score (nSPS) is 10.6. The Labute approximate surface area is 165 Å². The smallest absolute Gasteiger partial charge is 0.288 e. The van der Waals surface area contributed by atoms with Gasteiger partial charge in [-0.2, -0.15) is 0 Å². The third-order valence-corrected chi connectivity index (χ3v) is 5.68. The molecule has 1 aromatic heterocycles. The highest BCUT2D eigenvalue weighted by Gasteiger charge is 2.17. The molecular formula is C16H10ClFN4O3S2. The van der Waals surface area contributed by atoms with E-state index in [2.05, 4.69) is 15.5 Å². The Balaban J connectivity index is 1.65. The zero-order valence-corrected chi connectivity index (χ0v) is 15.8. The second-order valence-corrected chi connectivity index (χ2v) is 7.74. The molecule has 0 unspecified atom stereocenters. The fourth-order valence-electron chi connectivity index (χ4n) is 2.04. The monoisotopic (exact) mass is 424 g/mol. The quantitative estimate of drug-likeness (QED) is 0.264. The molecule has 0 radical (unpaired) electrons. The first-order chi connectivity index (χ1) is 12.9. The van der Waals surface area contributed by atoms with E-state index in [9.17, 15) is 19.3 Å². The molecule has 0 aliphatic rings. The molecule has 11 heteroatoms. The minimum Gasteiger partial charge on any atom is -0.296 e. The van der Waals surface area contributed by atoms with Crippen molar-refractivity contribution in [2.24, 2.45) is 0 Å².